The van der Waals surface area contributed by atoms with Crippen LogP contribution in [0.3, 0.4) is 0 Å². The Bertz CT molecular complexity index is 2870. The summed E-state index contributed by atoms with van der Waals surface area (Å²) in [4.78, 5) is 7.28. The predicted octanol–water partition coefficient (Wildman–Crippen LogP) is 12.6. The molecule has 9 aromatic rings. The van der Waals surface area contributed by atoms with E-state index >= 15 is 0 Å². The highest BCUT2D eigenvalue weighted by atomic mass is 15.2. The maximum Gasteiger partial charge on any atom is 0.252 e. The van der Waals surface area contributed by atoms with Gasteiger partial charge in [0.25, 0.3) is 6.71 Å². The minimum atomic E-state index is -0.00989. The number of benzene rings is 9. The summed E-state index contributed by atoms with van der Waals surface area (Å²) in [5, 5.41) is 3.84. The number of hydrogen-bond donors (Lipinski definition) is 1. The maximum absolute atomic E-state index is 3.84. The second kappa shape index (κ2) is 14.6. The molecule has 1 N–H and O–H groups in total. The van der Waals surface area contributed by atoms with Gasteiger partial charge in [0.1, 0.15) is 0 Å². The van der Waals surface area contributed by atoms with Crippen molar-refractivity contribution in [1.82, 2.24) is 0 Å². The molecule has 0 bridgehead atoms. The first-order valence-corrected chi connectivity index (χ1v) is 20.2. The van der Waals surface area contributed by atoms with Gasteiger partial charge >= 0.3 is 0 Å². The van der Waals surface area contributed by atoms with Crippen molar-refractivity contribution in [2.24, 2.45) is 0 Å². The van der Waals surface area contributed by atoms with Gasteiger partial charge in [-0.3, -0.25) is 0 Å². The highest BCUT2D eigenvalue weighted by Gasteiger charge is 2.43. The zero-order chi connectivity index (χ0) is 39.1. The SMILES string of the molecule is c1ccc(Nc2cccc(N(c3ccccc3)c3ccccc3)c2-c2ccc3c(c2)B2c4ccccc4N(c4ccccc4)c4cccc(c42)N3c2ccccc2)cc1. The Morgan fingerprint density at radius 2 is 0.881 bits per heavy atom. The first-order chi connectivity index (χ1) is 29.3. The van der Waals surface area contributed by atoms with Crippen LogP contribution in [0.4, 0.5) is 62.6 Å². The molecule has 5 heteroatoms. The van der Waals surface area contributed by atoms with Crippen molar-refractivity contribution in [3.63, 3.8) is 0 Å². The molecule has 0 aliphatic carbocycles. The van der Waals surface area contributed by atoms with E-state index in [0.717, 1.165) is 50.9 Å². The first-order valence-electron chi connectivity index (χ1n) is 20.2. The number of nitrogens with zero attached hydrogens (tertiary/aromatic N) is 3. The second-order valence-electron chi connectivity index (χ2n) is 15.0. The van der Waals surface area contributed by atoms with Crippen LogP contribution in [0.5, 0.6) is 0 Å². The standard InChI is InChI=1S/C54H39BN4/c1-6-20-40(21-7-1)56-47-31-18-33-50(57(41-22-8-2-9-23-41)42-24-10-3-11-25-42)53(47)39-36-37-49-46(38-39)55-45-30-16-17-32-48(45)58(43-26-12-4-13-27-43)51-34-19-35-52(54(51)55)59(49)44-28-14-5-15-29-44/h1-38,56H. The molecule has 0 aromatic heterocycles. The van der Waals surface area contributed by atoms with Gasteiger partial charge in [-0.25, -0.2) is 0 Å². The van der Waals surface area contributed by atoms with Crippen molar-refractivity contribution in [2.75, 3.05) is 20.0 Å². The third kappa shape index (κ3) is 5.95. The van der Waals surface area contributed by atoms with Crippen molar-refractivity contribution < 1.29 is 0 Å². The molecule has 0 radical (unpaired) electrons. The molecule has 4 nitrogen and oxygen atoms in total. The van der Waals surface area contributed by atoms with E-state index in [1.54, 1.807) is 0 Å². The summed E-state index contributed by atoms with van der Waals surface area (Å²) in [6.45, 7) is -0.00989. The zero-order valence-corrected chi connectivity index (χ0v) is 32.4. The van der Waals surface area contributed by atoms with Gasteiger partial charge in [-0.05, 0) is 119 Å². The summed E-state index contributed by atoms with van der Waals surface area (Å²) in [5.41, 5.74) is 18.5. The van der Waals surface area contributed by atoms with Crippen molar-refractivity contribution >= 4 is 85.7 Å². The molecule has 0 unspecified atom stereocenters. The van der Waals surface area contributed by atoms with Gasteiger partial charge in [-0.1, -0.05) is 133 Å². The summed E-state index contributed by atoms with van der Waals surface area (Å²) in [7, 11) is 0. The lowest BCUT2D eigenvalue weighted by atomic mass is 9.33. The van der Waals surface area contributed by atoms with E-state index in [1.165, 1.54) is 39.1 Å². The molecule has 11 rings (SSSR count). The van der Waals surface area contributed by atoms with Crippen LogP contribution < -0.4 is 36.4 Å². The average Bonchev–Trinajstić information content (AvgIpc) is 3.30. The molecule has 2 aliphatic rings. The second-order valence-corrected chi connectivity index (χ2v) is 15.0. The van der Waals surface area contributed by atoms with E-state index in [0.29, 0.717) is 0 Å². The fraction of sp³-hybridized carbons (Fsp3) is 0. The Morgan fingerprint density at radius 3 is 1.49 bits per heavy atom. The normalized spacial score (nSPS) is 12.3. The first kappa shape index (κ1) is 34.5. The molecule has 0 atom stereocenters. The Hall–Kier alpha value is -7.76. The number of nitrogens with one attached hydrogen (secondary N) is 1. The van der Waals surface area contributed by atoms with Gasteiger partial charge in [-0.2, -0.15) is 0 Å². The smallest absolute Gasteiger partial charge is 0.252 e. The van der Waals surface area contributed by atoms with E-state index < -0.39 is 0 Å². The molecule has 0 saturated carbocycles. The fourth-order valence-electron chi connectivity index (χ4n) is 9.15. The predicted molar refractivity (Wildman–Crippen MR) is 250 cm³/mol. The van der Waals surface area contributed by atoms with E-state index in [2.05, 4.69) is 251 Å². The largest absolute Gasteiger partial charge is 0.355 e. The Balaban J connectivity index is 1.19. The Morgan fingerprint density at radius 1 is 0.390 bits per heavy atom. The molecule has 0 amide bonds. The summed E-state index contributed by atoms with van der Waals surface area (Å²) >= 11 is 0. The van der Waals surface area contributed by atoms with Gasteiger partial charge < -0.3 is 20.0 Å². The molecule has 0 spiro atoms. The summed E-state index contributed by atoms with van der Waals surface area (Å²) in [6.07, 6.45) is 0. The van der Waals surface area contributed by atoms with E-state index in [4.69, 9.17) is 0 Å². The highest BCUT2D eigenvalue weighted by molar-refractivity contribution is 7.00. The minimum absolute atomic E-state index is 0.00989. The van der Waals surface area contributed by atoms with Crippen LogP contribution in [0.1, 0.15) is 0 Å². The van der Waals surface area contributed by atoms with E-state index in [1.807, 2.05) is 0 Å². The fourth-order valence-corrected chi connectivity index (χ4v) is 9.15. The molecule has 2 aliphatic heterocycles. The Labute approximate surface area is 346 Å². The highest BCUT2D eigenvalue weighted by Crippen LogP contribution is 2.48. The van der Waals surface area contributed by atoms with Gasteiger partial charge in [0, 0.05) is 62.4 Å². The number of anilines is 11. The molecule has 59 heavy (non-hydrogen) atoms. The van der Waals surface area contributed by atoms with Crippen molar-refractivity contribution in [2.45, 2.75) is 0 Å². The third-order valence-electron chi connectivity index (χ3n) is 11.6. The third-order valence-corrected chi connectivity index (χ3v) is 11.6. The van der Waals surface area contributed by atoms with Gasteiger partial charge in [0.15, 0.2) is 0 Å². The molecule has 0 fully saturated rings. The van der Waals surface area contributed by atoms with Gasteiger partial charge in [0.2, 0.25) is 0 Å². The number of hydrogen-bond acceptors (Lipinski definition) is 4. The van der Waals surface area contributed by atoms with Crippen LogP contribution in [-0.4, -0.2) is 6.71 Å². The number of fused-ring (bicyclic) bond motifs is 4. The van der Waals surface area contributed by atoms with Gasteiger partial charge in [0.05, 0.1) is 5.69 Å². The van der Waals surface area contributed by atoms with E-state index in [-0.39, 0.29) is 6.71 Å². The van der Waals surface area contributed by atoms with E-state index in [9.17, 15) is 0 Å². The topological polar surface area (TPSA) is 21.8 Å². The molecule has 2 heterocycles. The van der Waals surface area contributed by atoms with Crippen molar-refractivity contribution in [3.05, 3.63) is 231 Å². The Kier molecular flexibility index (Phi) is 8.56. The summed E-state index contributed by atoms with van der Waals surface area (Å²) in [5.74, 6) is 0. The van der Waals surface area contributed by atoms with Crippen LogP contribution in [0, 0.1) is 0 Å². The lowest BCUT2D eigenvalue weighted by Crippen LogP contribution is -2.61. The number of rotatable bonds is 8. The van der Waals surface area contributed by atoms with Crippen LogP contribution in [0.2, 0.25) is 0 Å². The van der Waals surface area contributed by atoms with Crippen LogP contribution >= 0.6 is 0 Å². The molecular formula is C54H39BN4. The van der Waals surface area contributed by atoms with Crippen molar-refractivity contribution in [1.29, 1.82) is 0 Å². The zero-order valence-electron chi connectivity index (χ0n) is 32.4. The molecular weight excluding hydrogens is 715 g/mol. The monoisotopic (exact) mass is 754 g/mol. The lowest BCUT2D eigenvalue weighted by molar-refractivity contribution is 1.25. The van der Waals surface area contributed by atoms with Crippen LogP contribution in [-0.2, 0) is 0 Å². The lowest BCUT2D eigenvalue weighted by Gasteiger charge is -2.44. The number of para-hydroxylation sites is 6. The van der Waals surface area contributed by atoms with Crippen LogP contribution in [0.15, 0.2) is 231 Å². The minimum Gasteiger partial charge on any atom is -0.355 e. The van der Waals surface area contributed by atoms with Gasteiger partial charge in [-0.15, -0.1) is 0 Å². The maximum atomic E-state index is 3.84. The quantitative estimate of drug-likeness (QED) is 0.156. The molecule has 278 valence electrons. The average molecular weight is 755 g/mol. The molecule has 9 aromatic carbocycles. The van der Waals surface area contributed by atoms with Crippen LogP contribution in [0.25, 0.3) is 11.1 Å². The molecule has 0 saturated heterocycles. The summed E-state index contributed by atoms with van der Waals surface area (Å²) in [6, 6.07) is 82.9. The van der Waals surface area contributed by atoms with Crippen molar-refractivity contribution in [3.8, 4) is 11.1 Å². The summed E-state index contributed by atoms with van der Waals surface area (Å²) < 4.78 is 0.